The number of methoxy groups -OCH3 is 1. The molecule has 2 heterocycles. The fourth-order valence-electron chi connectivity index (χ4n) is 2.64. The summed E-state index contributed by atoms with van der Waals surface area (Å²) >= 11 is 3.27. The minimum Gasteiger partial charge on any atom is -0.467 e. The lowest BCUT2D eigenvalue weighted by Gasteiger charge is -2.30. The molecule has 1 amide bonds. The Labute approximate surface area is 163 Å². The van der Waals surface area contributed by atoms with Crippen LogP contribution in [0.25, 0.3) is 11.8 Å². The Morgan fingerprint density at radius 1 is 1.44 bits per heavy atom. The fourth-order valence-corrected chi connectivity index (χ4v) is 2.93. The van der Waals surface area contributed by atoms with E-state index in [0.29, 0.717) is 17.8 Å². The van der Waals surface area contributed by atoms with E-state index in [1.165, 1.54) is 34.9 Å². The van der Waals surface area contributed by atoms with E-state index in [1.54, 1.807) is 24.5 Å². The van der Waals surface area contributed by atoms with Gasteiger partial charge in [0, 0.05) is 18.8 Å². The molecule has 1 atom stereocenters. The zero-order chi connectivity index (χ0) is 19.4. The van der Waals surface area contributed by atoms with Gasteiger partial charge < -0.3 is 14.4 Å². The molecule has 1 fully saturated rings. The minimum absolute atomic E-state index is 0.122. The van der Waals surface area contributed by atoms with Crippen molar-refractivity contribution in [3.8, 4) is 5.69 Å². The van der Waals surface area contributed by atoms with E-state index in [4.69, 9.17) is 4.74 Å². The van der Waals surface area contributed by atoms with Crippen LogP contribution >= 0.6 is 15.9 Å². The summed E-state index contributed by atoms with van der Waals surface area (Å²) < 4.78 is 26.4. The second kappa shape index (κ2) is 8.45. The summed E-state index contributed by atoms with van der Waals surface area (Å²) in [6.07, 6.45) is 5.30. The van der Waals surface area contributed by atoms with E-state index in [9.17, 15) is 14.0 Å². The van der Waals surface area contributed by atoms with Crippen molar-refractivity contribution in [2.24, 2.45) is 0 Å². The van der Waals surface area contributed by atoms with Gasteiger partial charge in [-0.2, -0.15) is 5.10 Å². The molecule has 27 heavy (non-hydrogen) atoms. The molecule has 9 heteroatoms. The molecule has 0 saturated carbocycles. The monoisotopic (exact) mass is 437 g/mol. The van der Waals surface area contributed by atoms with Crippen molar-refractivity contribution in [2.45, 2.75) is 6.10 Å². The number of esters is 1. The number of aromatic nitrogens is 2. The molecule has 1 aliphatic heterocycles. The lowest BCUT2D eigenvalue weighted by molar-refractivity contribution is -0.161. The number of halogens is 2. The summed E-state index contributed by atoms with van der Waals surface area (Å²) in [5.41, 5.74) is 0.840. The van der Waals surface area contributed by atoms with Crippen LogP contribution in [0.3, 0.4) is 0 Å². The maximum Gasteiger partial charge on any atom is 0.336 e. The third-order valence-electron chi connectivity index (χ3n) is 4.03. The van der Waals surface area contributed by atoms with Gasteiger partial charge in [-0.1, -0.05) is 6.07 Å². The number of nitrogens with zero attached hydrogens (tertiary/aromatic N) is 3. The molecule has 1 aromatic heterocycles. The Morgan fingerprint density at radius 3 is 2.93 bits per heavy atom. The molecule has 0 spiro atoms. The van der Waals surface area contributed by atoms with E-state index < -0.39 is 17.9 Å². The molecule has 2 aromatic rings. The van der Waals surface area contributed by atoms with Gasteiger partial charge >= 0.3 is 5.97 Å². The molecule has 1 aromatic carbocycles. The summed E-state index contributed by atoms with van der Waals surface area (Å²) in [5, 5.41) is 4.04. The number of rotatable bonds is 4. The summed E-state index contributed by atoms with van der Waals surface area (Å²) in [6.45, 7) is 0.748. The Bertz CT molecular complexity index is 883. The van der Waals surface area contributed by atoms with Gasteiger partial charge in [0.1, 0.15) is 11.5 Å². The quantitative estimate of drug-likeness (QED) is 0.541. The Kier molecular flexibility index (Phi) is 6.02. The molecule has 142 valence electrons. The van der Waals surface area contributed by atoms with Crippen molar-refractivity contribution in [1.82, 2.24) is 14.7 Å². The van der Waals surface area contributed by atoms with Crippen LogP contribution in [-0.4, -0.2) is 59.5 Å². The zero-order valence-electron chi connectivity index (χ0n) is 14.5. The first-order chi connectivity index (χ1) is 13.0. The van der Waals surface area contributed by atoms with Crippen molar-refractivity contribution >= 4 is 33.9 Å². The van der Waals surface area contributed by atoms with Crippen LogP contribution in [0.15, 0.2) is 41.1 Å². The molecule has 3 rings (SSSR count). The smallest absolute Gasteiger partial charge is 0.336 e. The first-order valence-electron chi connectivity index (χ1n) is 8.14. The molecule has 7 nitrogen and oxygen atoms in total. The maximum atomic E-state index is 14.3. The van der Waals surface area contributed by atoms with Crippen LogP contribution in [0, 0.1) is 5.82 Å². The molecule has 0 radical (unpaired) electrons. The molecule has 0 aliphatic carbocycles. The summed E-state index contributed by atoms with van der Waals surface area (Å²) in [6, 6.07) is 4.60. The van der Waals surface area contributed by atoms with Gasteiger partial charge in [-0.15, -0.1) is 0 Å². The van der Waals surface area contributed by atoms with Crippen molar-refractivity contribution < 1.29 is 23.5 Å². The predicted octanol–water partition coefficient (Wildman–Crippen LogP) is 2.19. The minimum atomic E-state index is -0.786. The Morgan fingerprint density at radius 2 is 2.26 bits per heavy atom. The zero-order valence-corrected chi connectivity index (χ0v) is 16.1. The van der Waals surface area contributed by atoms with Crippen LogP contribution < -0.4 is 0 Å². The number of amides is 1. The normalized spacial score (nSPS) is 17.3. The highest BCUT2D eigenvalue weighted by Gasteiger charge is 2.29. The van der Waals surface area contributed by atoms with Crippen molar-refractivity contribution in [3.63, 3.8) is 0 Å². The Hall–Kier alpha value is -2.52. The van der Waals surface area contributed by atoms with Crippen LogP contribution in [0.2, 0.25) is 0 Å². The van der Waals surface area contributed by atoms with Gasteiger partial charge in [0.05, 0.1) is 30.9 Å². The van der Waals surface area contributed by atoms with E-state index in [2.05, 4.69) is 25.8 Å². The van der Waals surface area contributed by atoms with Gasteiger partial charge in [0.25, 0.3) is 0 Å². The molecule has 1 unspecified atom stereocenters. The largest absolute Gasteiger partial charge is 0.467 e. The topological polar surface area (TPSA) is 73.7 Å². The van der Waals surface area contributed by atoms with Gasteiger partial charge in [-0.3, -0.25) is 4.79 Å². The standard InChI is InChI=1S/C18H17BrFN3O4/c1-26-18(25)16-11-22(6-7-27-16)17(24)5-3-12-2-4-15(14(20)8-12)23-10-13(19)9-21-23/h2-5,8-10,16H,6-7,11H2,1H3/b5-3+. The number of hydrogen-bond donors (Lipinski definition) is 0. The Balaban J connectivity index is 1.67. The third kappa shape index (κ3) is 4.61. The van der Waals surface area contributed by atoms with E-state index >= 15 is 0 Å². The highest BCUT2D eigenvalue weighted by atomic mass is 79.9. The van der Waals surface area contributed by atoms with E-state index in [0.717, 1.165) is 4.47 Å². The van der Waals surface area contributed by atoms with Gasteiger partial charge in [-0.05, 0) is 39.7 Å². The molecule has 0 bridgehead atoms. The molecular weight excluding hydrogens is 421 g/mol. The fraction of sp³-hybridized carbons (Fsp3) is 0.278. The predicted molar refractivity (Wildman–Crippen MR) is 98.6 cm³/mol. The van der Waals surface area contributed by atoms with Crippen molar-refractivity contribution in [1.29, 1.82) is 0 Å². The number of ether oxygens (including phenoxy) is 2. The molecule has 1 saturated heterocycles. The van der Waals surface area contributed by atoms with Crippen LogP contribution in [0.5, 0.6) is 0 Å². The summed E-state index contributed by atoms with van der Waals surface area (Å²) in [4.78, 5) is 25.4. The number of hydrogen-bond acceptors (Lipinski definition) is 5. The lowest BCUT2D eigenvalue weighted by atomic mass is 10.1. The second-order valence-electron chi connectivity index (χ2n) is 5.81. The number of morpholine rings is 1. The van der Waals surface area contributed by atoms with Gasteiger partial charge in [0.2, 0.25) is 5.91 Å². The van der Waals surface area contributed by atoms with Crippen LogP contribution in [0.1, 0.15) is 5.56 Å². The third-order valence-corrected chi connectivity index (χ3v) is 4.44. The molecular formula is C18H17BrFN3O4. The lowest BCUT2D eigenvalue weighted by Crippen LogP contribution is -2.48. The average Bonchev–Trinajstić information content (AvgIpc) is 3.11. The second-order valence-corrected chi connectivity index (χ2v) is 6.73. The maximum absolute atomic E-state index is 14.3. The average molecular weight is 438 g/mol. The number of carbonyl (C=O) groups is 2. The summed E-state index contributed by atoms with van der Waals surface area (Å²) in [7, 11) is 1.27. The number of carbonyl (C=O) groups excluding carboxylic acids is 2. The van der Waals surface area contributed by atoms with Crippen molar-refractivity contribution in [2.75, 3.05) is 26.8 Å². The highest BCUT2D eigenvalue weighted by molar-refractivity contribution is 9.10. The van der Waals surface area contributed by atoms with Crippen LogP contribution in [0.4, 0.5) is 4.39 Å². The van der Waals surface area contributed by atoms with E-state index in [1.807, 2.05) is 0 Å². The number of benzene rings is 1. The summed E-state index contributed by atoms with van der Waals surface area (Å²) in [5.74, 6) is -1.26. The van der Waals surface area contributed by atoms with Gasteiger partial charge in [0.15, 0.2) is 6.10 Å². The first-order valence-corrected chi connectivity index (χ1v) is 8.94. The molecule has 0 N–H and O–H groups in total. The van der Waals surface area contributed by atoms with Crippen LogP contribution in [-0.2, 0) is 19.1 Å². The molecule has 1 aliphatic rings. The van der Waals surface area contributed by atoms with Gasteiger partial charge in [-0.25, -0.2) is 13.9 Å². The highest BCUT2D eigenvalue weighted by Crippen LogP contribution is 2.18. The van der Waals surface area contributed by atoms with Crippen molar-refractivity contribution in [3.05, 3.63) is 52.5 Å². The SMILES string of the molecule is COC(=O)C1CN(C(=O)/C=C/c2ccc(-n3cc(Br)cn3)c(F)c2)CCO1. The first kappa shape index (κ1) is 19.2. The van der Waals surface area contributed by atoms with E-state index in [-0.39, 0.29) is 19.1 Å².